The van der Waals surface area contributed by atoms with Crippen LogP contribution in [0, 0.1) is 11.6 Å². The molecule has 0 spiro atoms. The highest BCUT2D eigenvalue weighted by molar-refractivity contribution is 5.93. The molecule has 3 amide bonds. The summed E-state index contributed by atoms with van der Waals surface area (Å²) in [5, 5.41) is 3.01. The van der Waals surface area contributed by atoms with Gasteiger partial charge in [0, 0.05) is 57.9 Å². The van der Waals surface area contributed by atoms with Crippen molar-refractivity contribution in [3.05, 3.63) is 65.2 Å². The minimum absolute atomic E-state index is 0.0694. The zero-order chi connectivity index (χ0) is 22.5. The summed E-state index contributed by atoms with van der Waals surface area (Å²) in [5.41, 5.74) is 1.87. The lowest BCUT2D eigenvalue weighted by Crippen LogP contribution is -2.45. The van der Waals surface area contributed by atoms with Gasteiger partial charge in [-0.1, -0.05) is 12.1 Å². The van der Waals surface area contributed by atoms with Crippen LogP contribution in [0.1, 0.15) is 29.3 Å². The highest BCUT2D eigenvalue weighted by Gasteiger charge is 2.27. The average Bonchev–Trinajstić information content (AvgIpc) is 3.19. The van der Waals surface area contributed by atoms with Gasteiger partial charge < -0.3 is 20.0 Å². The molecular weight excluding hydrogens is 402 g/mol. The van der Waals surface area contributed by atoms with E-state index in [2.05, 4.69) is 5.32 Å². The lowest BCUT2D eigenvalue weighted by molar-refractivity contribution is 0.0827. The van der Waals surface area contributed by atoms with Crippen molar-refractivity contribution in [2.24, 2.45) is 0 Å². The summed E-state index contributed by atoms with van der Waals surface area (Å²) >= 11 is 0. The largest absolute Gasteiger partial charge is 0.367 e. The van der Waals surface area contributed by atoms with Crippen LogP contribution in [0.5, 0.6) is 0 Å². The van der Waals surface area contributed by atoms with Crippen molar-refractivity contribution in [3.8, 4) is 0 Å². The van der Waals surface area contributed by atoms with Crippen molar-refractivity contribution in [2.45, 2.75) is 25.9 Å². The Labute approximate surface area is 181 Å². The van der Waals surface area contributed by atoms with Gasteiger partial charge >= 0.3 is 6.03 Å². The highest BCUT2D eigenvalue weighted by Crippen LogP contribution is 2.24. The molecule has 0 aromatic heterocycles. The molecule has 1 saturated heterocycles. The second-order valence-electron chi connectivity index (χ2n) is 7.89. The van der Waals surface area contributed by atoms with Gasteiger partial charge in [0.15, 0.2) is 0 Å². The number of rotatable bonds is 6. The molecule has 1 aliphatic rings. The lowest BCUT2D eigenvalue weighted by atomic mass is 10.1. The van der Waals surface area contributed by atoms with Crippen LogP contribution in [0.25, 0.3) is 0 Å². The SMILES string of the molecule is CCN(Cc1ccc(C(=O)N(C)C)cc1)C(=O)NC1CCN(c2ccc(F)cc2F)C1. The number of anilines is 1. The number of hydrogen-bond donors (Lipinski definition) is 1. The van der Waals surface area contributed by atoms with Gasteiger partial charge in [-0.05, 0) is 43.2 Å². The number of halogens is 2. The van der Waals surface area contributed by atoms with Gasteiger partial charge in [0.2, 0.25) is 0 Å². The number of urea groups is 1. The van der Waals surface area contributed by atoms with Crippen molar-refractivity contribution in [1.29, 1.82) is 0 Å². The van der Waals surface area contributed by atoms with E-state index in [1.165, 1.54) is 17.0 Å². The maximum atomic E-state index is 14.0. The smallest absolute Gasteiger partial charge is 0.317 e. The van der Waals surface area contributed by atoms with Crippen molar-refractivity contribution < 1.29 is 18.4 Å². The van der Waals surface area contributed by atoms with E-state index in [1.54, 1.807) is 31.1 Å². The summed E-state index contributed by atoms with van der Waals surface area (Å²) in [4.78, 5) is 29.8. The quantitative estimate of drug-likeness (QED) is 0.764. The lowest BCUT2D eigenvalue weighted by Gasteiger charge is -2.24. The van der Waals surface area contributed by atoms with Gasteiger partial charge in [0.25, 0.3) is 5.91 Å². The Morgan fingerprint density at radius 1 is 1.13 bits per heavy atom. The zero-order valence-corrected chi connectivity index (χ0v) is 18.1. The number of nitrogens with zero attached hydrogens (tertiary/aromatic N) is 3. The molecule has 3 rings (SSSR count). The van der Waals surface area contributed by atoms with Gasteiger partial charge in [-0.15, -0.1) is 0 Å². The average molecular weight is 430 g/mol. The fourth-order valence-electron chi connectivity index (χ4n) is 3.66. The molecule has 1 atom stereocenters. The predicted octanol–water partition coefficient (Wildman–Crippen LogP) is 3.48. The van der Waals surface area contributed by atoms with Crippen LogP contribution in [-0.4, -0.2) is 61.5 Å². The number of carbonyl (C=O) groups excluding carboxylic acids is 2. The molecule has 1 aliphatic heterocycles. The first-order valence-electron chi connectivity index (χ1n) is 10.3. The summed E-state index contributed by atoms with van der Waals surface area (Å²) < 4.78 is 27.2. The van der Waals surface area contributed by atoms with E-state index in [0.29, 0.717) is 43.9 Å². The third kappa shape index (κ3) is 5.51. The van der Waals surface area contributed by atoms with Gasteiger partial charge in [0.05, 0.1) is 5.69 Å². The maximum absolute atomic E-state index is 14.0. The zero-order valence-electron chi connectivity index (χ0n) is 18.1. The number of nitrogens with one attached hydrogen (secondary N) is 1. The molecule has 0 radical (unpaired) electrons. The molecule has 166 valence electrons. The van der Waals surface area contributed by atoms with Gasteiger partial charge in [-0.25, -0.2) is 13.6 Å². The molecule has 8 heteroatoms. The van der Waals surface area contributed by atoms with E-state index in [0.717, 1.165) is 11.6 Å². The van der Waals surface area contributed by atoms with Gasteiger partial charge in [-0.2, -0.15) is 0 Å². The van der Waals surface area contributed by atoms with Crippen LogP contribution in [0.4, 0.5) is 19.3 Å². The first kappa shape index (κ1) is 22.5. The first-order chi connectivity index (χ1) is 14.8. The van der Waals surface area contributed by atoms with Crippen LogP contribution in [0.3, 0.4) is 0 Å². The molecule has 0 saturated carbocycles. The van der Waals surface area contributed by atoms with Crippen LogP contribution in [0.2, 0.25) is 0 Å². The molecular formula is C23H28F2N4O2. The van der Waals surface area contributed by atoms with E-state index >= 15 is 0 Å². The predicted molar refractivity (Wildman–Crippen MR) is 116 cm³/mol. The monoisotopic (exact) mass is 430 g/mol. The topological polar surface area (TPSA) is 55.9 Å². The van der Waals surface area contributed by atoms with Crippen LogP contribution in [0.15, 0.2) is 42.5 Å². The van der Waals surface area contributed by atoms with E-state index in [9.17, 15) is 18.4 Å². The van der Waals surface area contributed by atoms with Crippen molar-refractivity contribution in [2.75, 3.05) is 38.6 Å². The molecule has 31 heavy (non-hydrogen) atoms. The Balaban J connectivity index is 1.57. The number of benzene rings is 2. The molecule has 2 aromatic rings. The summed E-state index contributed by atoms with van der Waals surface area (Å²) in [6.07, 6.45) is 0.682. The number of amides is 3. The minimum Gasteiger partial charge on any atom is -0.367 e. The van der Waals surface area contributed by atoms with Crippen LogP contribution >= 0.6 is 0 Å². The molecule has 0 bridgehead atoms. The van der Waals surface area contributed by atoms with Gasteiger partial charge in [0.1, 0.15) is 11.6 Å². The summed E-state index contributed by atoms with van der Waals surface area (Å²) in [7, 11) is 3.40. The van der Waals surface area contributed by atoms with Crippen molar-refractivity contribution in [1.82, 2.24) is 15.1 Å². The van der Waals surface area contributed by atoms with E-state index in [4.69, 9.17) is 0 Å². The van der Waals surface area contributed by atoms with Crippen LogP contribution < -0.4 is 10.2 Å². The molecule has 1 unspecified atom stereocenters. The second kappa shape index (κ2) is 9.76. The first-order valence-corrected chi connectivity index (χ1v) is 10.3. The van der Waals surface area contributed by atoms with E-state index in [-0.39, 0.29) is 18.0 Å². The summed E-state index contributed by atoms with van der Waals surface area (Å²) in [6, 6.07) is 10.4. The molecule has 1 heterocycles. The van der Waals surface area contributed by atoms with Gasteiger partial charge in [-0.3, -0.25) is 4.79 Å². The summed E-state index contributed by atoms with van der Waals surface area (Å²) in [5.74, 6) is -1.28. The molecule has 1 fully saturated rings. The second-order valence-corrected chi connectivity index (χ2v) is 7.89. The molecule has 2 aromatic carbocycles. The molecule has 6 nitrogen and oxygen atoms in total. The molecule has 0 aliphatic carbocycles. The van der Waals surface area contributed by atoms with Crippen LogP contribution in [-0.2, 0) is 6.54 Å². The number of carbonyl (C=O) groups is 2. The standard InChI is InChI=1S/C23H28F2N4O2/c1-4-28(14-16-5-7-17(8-6-16)22(30)27(2)3)23(31)26-19-11-12-29(15-19)21-10-9-18(24)13-20(21)25/h5-10,13,19H,4,11-12,14-15H2,1-3H3,(H,26,31). The Morgan fingerprint density at radius 2 is 1.84 bits per heavy atom. The van der Waals surface area contributed by atoms with E-state index < -0.39 is 11.6 Å². The Kier molecular flexibility index (Phi) is 7.09. The normalized spacial score (nSPS) is 15.6. The minimum atomic E-state index is -0.608. The number of hydrogen-bond acceptors (Lipinski definition) is 3. The Morgan fingerprint density at radius 3 is 2.45 bits per heavy atom. The third-order valence-electron chi connectivity index (χ3n) is 5.42. The maximum Gasteiger partial charge on any atom is 0.317 e. The van der Waals surface area contributed by atoms with E-state index in [1.807, 2.05) is 24.0 Å². The van der Waals surface area contributed by atoms with Crippen molar-refractivity contribution in [3.63, 3.8) is 0 Å². The van der Waals surface area contributed by atoms with Crippen molar-refractivity contribution >= 4 is 17.6 Å². The fraction of sp³-hybridized carbons (Fsp3) is 0.391. The summed E-state index contributed by atoms with van der Waals surface area (Å²) in [6.45, 7) is 3.89. The third-order valence-corrected chi connectivity index (χ3v) is 5.42. The Hall–Kier alpha value is -3.16. The molecule has 1 N–H and O–H groups in total. The fourth-order valence-corrected chi connectivity index (χ4v) is 3.66. The highest BCUT2D eigenvalue weighted by atomic mass is 19.1. The Bertz CT molecular complexity index is 934.